The molecular formula is C12H16N2O. The molecule has 0 radical (unpaired) electrons. The topological polar surface area (TPSA) is 40.2 Å². The van der Waals surface area contributed by atoms with Crippen molar-refractivity contribution < 1.29 is 4.84 Å². The number of rotatable bonds is 3. The molecule has 2 aromatic rings. The first-order valence-corrected chi connectivity index (χ1v) is 5.17. The number of hydrogen-bond acceptors (Lipinski definition) is 2. The zero-order valence-corrected chi connectivity index (χ0v) is 9.16. The quantitative estimate of drug-likeness (QED) is 0.780. The fourth-order valence-corrected chi connectivity index (χ4v) is 2.13. The van der Waals surface area contributed by atoms with Crippen molar-refractivity contribution in [1.82, 2.24) is 4.57 Å². The third-order valence-electron chi connectivity index (χ3n) is 2.76. The van der Waals surface area contributed by atoms with Crippen LogP contribution in [0.15, 0.2) is 24.3 Å². The molecule has 1 aromatic carbocycles. The van der Waals surface area contributed by atoms with Crippen LogP contribution >= 0.6 is 0 Å². The lowest BCUT2D eigenvalue weighted by Gasteiger charge is -2.08. The van der Waals surface area contributed by atoms with Crippen molar-refractivity contribution in [2.45, 2.75) is 27.0 Å². The van der Waals surface area contributed by atoms with Gasteiger partial charge >= 0.3 is 0 Å². The van der Waals surface area contributed by atoms with E-state index in [1.807, 2.05) is 0 Å². The van der Waals surface area contributed by atoms with Gasteiger partial charge in [-0.3, -0.25) is 4.84 Å². The van der Waals surface area contributed by atoms with Crippen LogP contribution in [-0.2, 0) is 18.0 Å². The van der Waals surface area contributed by atoms with Crippen LogP contribution < -0.4 is 5.90 Å². The fraction of sp³-hybridized carbons (Fsp3) is 0.333. The van der Waals surface area contributed by atoms with Crippen LogP contribution in [0, 0.1) is 6.92 Å². The Hall–Kier alpha value is -1.32. The predicted octanol–water partition coefficient (Wildman–Crippen LogP) is 2.36. The third kappa shape index (κ3) is 1.64. The molecule has 2 rings (SSSR count). The Balaban J connectivity index is 2.68. The van der Waals surface area contributed by atoms with Gasteiger partial charge in [0, 0.05) is 17.6 Å². The molecule has 0 bridgehead atoms. The molecule has 0 unspecified atom stereocenters. The summed E-state index contributed by atoms with van der Waals surface area (Å²) in [5, 5.41) is 1.25. The first kappa shape index (κ1) is 10.2. The Bertz CT molecular complexity index is 474. The van der Waals surface area contributed by atoms with E-state index in [-0.39, 0.29) is 0 Å². The Kier molecular flexibility index (Phi) is 2.75. The smallest absolute Gasteiger partial charge is 0.108 e. The average molecular weight is 204 g/mol. The second kappa shape index (κ2) is 4.04. The van der Waals surface area contributed by atoms with Gasteiger partial charge in [0.15, 0.2) is 0 Å². The minimum atomic E-state index is 0.460. The van der Waals surface area contributed by atoms with Gasteiger partial charge in [-0.05, 0) is 25.5 Å². The largest absolute Gasteiger partial charge is 0.342 e. The van der Waals surface area contributed by atoms with Crippen molar-refractivity contribution >= 4 is 10.9 Å². The molecule has 15 heavy (non-hydrogen) atoms. The highest BCUT2D eigenvalue weighted by molar-refractivity contribution is 5.84. The molecule has 0 atom stereocenters. The van der Waals surface area contributed by atoms with E-state index in [0.717, 1.165) is 12.2 Å². The van der Waals surface area contributed by atoms with E-state index in [1.165, 1.54) is 16.5 Å². The summed E-state index contributed by atoms with van der Waals surface area (Å²) in [6, 6.07) is 8.46. The number of nitrogens with zero attached hydrogens (tertiary/aromatic N) is 1. The van der Waals surface area contributed by atoms with Crippen LogP contribution in [0.2, 0.25) is 0 Å². The summed E-state index contributed by atoms with van der Waals surface area (Å²) in [7, 11) is 0. The molecule has 0 saturated carbocycles. The lowest BCUT2D eigenvalue weighted by molar-refractivity contribution is 0.119. The van der Waals surface area contributed by atoms with E-state index < -0.39 is 0 Å². The zero-order chi connectivity index (χ0) is 10.8. The van der Waals surface area contributed by atoms with Crippen molar-refractivity contribution in [3.8, 4) is 0 Å². The van der Waals surface area contributed by atoms with Gasteiger partial charge < -0.3 is 4.57 Å². The van der Waals surface area contributed by atoms with Crippen molar-refractivity contribution in [1.29, 1.82) is 0 Å². The van der Waals surface area contributed by atoms with Crippen LogP contribution in [-0.4, -0.2) is 4.57 Å². The summed E-state index contributed by atoms with van der Waals surface area (Å²) in [6.07, 6.45) is 0. The first-order chi connectivity index (χ1) is 7.27. The average Bonchev–Trinajstić information content (AvgIpc) is 2.57. The molecule has 0 aliphatic rings. The summed E-state index contributed by atoms with van der Waals surface area (Å²) < 4.78 is 2.25. The predicted molar refractivity (Wildman–Crippen MR) is 61.3 cm³/mol. The normalized spacial score (nSPS) is 11.1. The SMILES string of the molecule is CCn1c(CON)cc2cccc(C)c21. The number of aryl methyl sites for hydroxylation is 2. The Labute approximate surface area is 89.4 Å². The van der Waals surface area contributed by atoms with Gasteiger partial charge in [-0.2, -0.15) is 0 Å². The minimum absolute atomic E-state index is 0.460. The number of fused-ring (bicyclic) bond motifs is 1. The molecule has 2 N–H and O–H groups in total. The second-order valence-electron chi connectivity index (χ2n) is 3.70. The molecule has 0 spiro atoms. The van der Waals surface area contributed by atoms with Gasteiger partial charge in [0.25, 0.3) is 0 Å². The molecule has 3 nitrogen and oxygen atoms in total. The van der Waals surface area contributed by atoms with Crippen LogP contribution in [0.25, 0.3) is 10.9 Å². The lowest BCUT2D eigenvalue weighted by Crippen LogP contribution is -2.06. The lowest BCUT2D eigenvalue weighted by atomic mass is 10.2. The Morgan fingerprint density at radius 2 is 2.20 bits per heavy atom. The number of para-hydroxylation sites is 1. The third-order valence-corrected chi connectivity index (χ3v) is 2.76. The molecule has 0 saturated heterocycles. The summed E-state index contributed by atoms with van der Waals surface area (Å²) in [4.78, 5) is 4.72. The van der Waals surface area contributed by atoms with Gasteiger partial charge in [-0.1, -0.05) is 18.2 Å². The van der Waals surface area contributed by atoms with Crippen LogP contribution in [0.5, 0.6) is 0 Å². The molecule has 0 aliphatic heterocycles. The molecule has 1 aromatic heterocycles. The Morgan fingerprint density at radius 1 is 1.40 bits per heavy atom. The van der Waals surface area contributed by atoms with Crippen molar-refractivity contribution in [2.75, 3.05) is 0 Å². The summed E-state index contributed by atoms with van der Waals surface area (Å²) in [6.45, 7) is 5.66. The van der Waals surface area contributed by atoms with Gasteiger partial charge in [0.1, 0.15) is 6.61 Å². The molecule has 0 aliphatic carbocycles. The maximum absolute atomic E-state index is 5.13. The standard InChI is InChI=1S/C12H16N2O/c1-3-14-11(8-15-13)7-10-6-4-5-9(2)12(10)14/h4-7H,3,8,13H2,1-2H3. The highest BCUT2D eigenvalue weighted by Crippen LogP contribution is 2.23. The van der Waals surface area contributed by atoms with Gasteiger partial charge in [0.2, 0.25) is 0 Å². The van der Waals surface area contributed by atoms with E-state index >= 15 is 0 Å². The number of hydrogen-bond donors (Lipinski definition) is 1. The van der Waals surface area contributed by atoms with Gasteiger partial charge in [-0.25, -0.2) is 5.90 Å². The van der Waals surface area contributed by atoms with Crippen molar-refractivity contribution in [2.24, 2.45) is 5.90 Å². The molecule has 80 valence electrons. The summed E-state index contributed by atoms with van der Waals surface area (Å²) >= 11 is 0. The zero-order valence-electron chi connectivity index (χ0n) is 9.16. The maximum Gasteiger partial charge on any atom is 0.108 e. The second-order valence-corrected chi connectivity index (χ2v) is 3.70. The fourth-order valence-electron chi connectivity index (χ4n) is 2.13. The Morgan fingerprint density at radius 3 is 2.87 bits per heavy atom. The van der Waals surface area contributed by atoms with E-state index in [1.54, 1.807) is 0 Å². The molecule has 1 heterocycles. The number of benzene rings is 1. The van der Waals surface area contributed by atoms with Crippen LogP contribution in [0.3, 0.4) is 0 Å². The van der Waals surface area contributed by atoms with Crippen molar-refractivity contribution in [3.63, 3.8) is 0 Å². The monoisotopic (exact) mass is 204 g/mol. The number of aromatic nitrogens is 1. The van der Waals surface area contributed by atoms with E-state index in [4.69, 9.17) is 10.7 Å². The van der Waals surface area contributed by atoms with Gasteiger partial charge in [-0.15, -0.1) is 0 Å². The summed E-state index contributed by atoms with van der Waals surface area (Å²) in [5.74, 6) is 5.13. The summed E-state index contributed by atoms with van der Waals surface area (Å²) in [5.41, 5.74) is 3.70. The van der Waals surface area contributed by atoms with Gasteiger partial charge in [0.05, 0.1) is 5.52 Å². The van der Waals surface area contributed by atoms with E-state index in [2.05, 4.69) is 42.7 Å². The highest BCUT2D eigenvalue weighted by Gasteiger charge is 2.08. The van der Waals surface area contributed by atoms with Crippen LogP contribution in [0.1, 0.15) is 18.2 Å². The maximum atomic E-state index is 5.13. The van der Waals surface area contributed by atoms with Crippen LogP contribution in [0.4, 0.5) is 0 Å². The molecule has 0 amide bonds. The molecular weight excluding hydrogens is 188 g/mol. The number of nitrogens with two attached hydrogens (primary N) is 1. The molecule has 3 heteroatoms. The first-order valence-electron chi connectivity index (χ1n) is 5.17. The van der Waals surface area contributed by atoms with Crippen molar-refractivity contribution in [3.05, 3.63) is 35.5 Å². The molecule has 0 fully saturated rings. The van der Waals surface area contributed by atoms with E-state index in [0.29, 0.717) is 6.61 Å². The minimum Gasteiger partial charge on any atom is -0.342 e. The van der Waals surface area contributed by atoms with E-state index in [9.17, 15) is 0 Å². The highest BCUT2D eigenvalue weighted by atomic mass is 16.6.